The molecule has 0 heterocycles. The summed E-state index contributed by atoms with van der Waals surface area (Å²) < 4.78 is 0. The zero-order chi connectivity index (χ0) is 13.3. The first kappa shape index (κ1) is 14.9. The maximum atomic E-state index is 10.6. The van der Waals surface area contributed by atoms with Crippen molar-refractivity contribution < 1.29 is 14.8 Å². The number of nitrogens with zero attached hydrogens (tertiary/aromatic N) is 1. The van der Waals surface area contributed by atoms with E-state index in [1.54, 1.807) is 18.2 Å². The molecule has 0 saturated carbocycles. The van der Waals surface area contributed by atoms with Gasteiger partial charge in [0.15, 0.2) is 0 Å². The van der Waals surface area contributed by atoms with Crippen LogP contribution in [0.3, 0.4) is 0 Å². The summed E-state index contributed by atoms with van der Waals surface area (Å²) in [7, 11) is 0. The number of benzene rings is 1. The van der Waals surface area contributed by atoms with Gasteiger partial charge in [-0.25, -0.2) is 0 Å². The van der Waals surface area contributed by atoms with E-state index in [4.69, 9.17) is 5.11 Å². The number of carbonyl (C=O) groups is 1. The van der Waals surface area contributed by atoms with Gasteiger partial charge in [0.2, 0.25) is 0 Å². The average molecular weight is 240 g/mol. The van der Waals surface area contributed by atoms with E-state index >= 15 is 0 Å². The molecule has 0 radical (unpaired) electrons. The third-order valence-corrected chi connectivity index (χ3v) is 1.76. The van der Waals surface area contributed by atoms with Crippen LogP contribution < -0.4 is 5.32 Å². The van der Waals surface area contributed by atoms with E-state index in [2.05, 4.69) is 5.32 Å². The van der Waals surface area contributed by atoms with Crippen molar-refractivity contribution in [3.8, 4) is 0 Å². The molecule has 0 spiro atoms. The molecular formula is C11H16N2O4. The molecule has 0 aliphatic rings. The van der Waals surface area contributed by atoms with Crippen molar-refractivity contribution >= 4 is 17.3 Å². The predicted molar refractivity (Wildman–Crippen MR) is 65.2 cm³/mol. The molecule has 0 unspecified atom stereocenters. The zero-order valence-corrected chi connectivity index (χ0v) is 9.84. The van der Waals surface area contributed by atoms with Crippen molar-refractivity contribution in [1.29, 1.82) is 0 Å². The van der Waals surface area contributed by atoms with Crippen LogP contribution in [0.25, 0.3) is 0 Å². The molecule has 0 aromatic heterocycles. The van der Waals surface area contributed by atoms with Crippen molar-refractivity contribution in [3.63, 3.8) is 0 Å². The minimum absolute atomic E-state index is 0.0529. The van der Waals surface area contributed by atoms with Gasteiger partial charge in [0, 0.05) is 12.6 Å². The number of rotatable bonds is 5. The molecule has 17 heavy (non-hydrogen) atoms. The fourth-order valence-electron chi connectivity index (χ4n) is 1.09. The maximum absolute atomic E-state index is 10.6. The summed E-state index contributed by atoms with van der Waals surface area (Å²) in [6.07, 6.45) is -0.0773. The number of anilines is 1. The highest BCUT2D eigenvalue weighted by atomic mass is 16.6. The lowest BCUT2D eigenvalue weighted by Gasteiger charge is -2.04. The summed E-state index contributed by atoms with van der Waals surface area (Å²) in [5.74, 6) is -0.943. The smallest absolute Gasteiger partial charge is 0.305 e. The van der Waals surface area contributed by atoms with E-state index in [0.29, 0.717) is 5.69 Å². The van der Waals surface area contributed by atoms with Gasteiger partial charge in [0.25, 0.3) is 5.69 Å². The second-order valence-electron chi connectivity index (χ2n) is 2.84. The van der Waals surface area contributed by atoms with Gasteiger partial charge in [0.05, 0.1) is 11.3 Å². The predicted octanol–water partition coefficient (Wildman–Crippen LogP) is 2.51. The van der Waals surface area contributed by atoms with Crippen LogP contribution >= 0.6 is 0 Å². The highest BCUT2D eigenvalue weighted by Crippen LogP contribution is 2.22. The van der Waals surface area contributed by atoms with Gasteiger partial charge >= 0.3 is 5.97 Å². The Kier molecular flexibility index (Phi) is 7.09. The summed E-state index contributed by atoms with van der Waals surface area (Å²) in [6.45, 7) is 4.17. The Bertz CT molecular complexity index is 379. The Morgan fingerprint density at radius 3 is 2.53 bits per heavy atom. The third-order valence-electron chi connectivity index (χ3n) is 1.76. The van der Waals surface area contributed by atoms with E-state index < -0.39 is 10.9 Å². The first-order chi connectivity index (χ1) is 8.11. The van der Waals surface area contributed by atoms with Crippen LogP contribution in [0.4, 0.5) is 11.4 Å². The Labute approximate surface area is 99.4 Å². The summed E-state index contributed by atoms with van der Waals surface area (Å²) in [4.78, 5) is 20.3. The van der Waals surface area contributed by atoms with E-state index in [1.807, 2.05) is 13.8 Å². The van der Waals surface area contributed by atoms with Gasteiger partial charge in [-0.05, 0) is 6.07 Å². The van der Waals surface area contributed by atoms with Gasteiger partial charge in [-0.1, -0.05) is 26.0 Å². The lowest BCUT2D eigenvalue weighted by Crippen LogP contribution is -2.08. The Balaban J connectivity index is 0.00000121. The molecular weight excluding hydrogens is 224 g/mol. The van der Waals surface area contributed by atoms with Crippen LogP contribution in [0, 0.1) is 10.1 Å². The van der Waals surface area contributed by atoms with Crippen molar-refractivity contribution in [3.05, 3.63) is 34.4 Å². The molecule has 1 aromatic carbocycles. The SMILES string of the molecule is CC.O=C(O)CCNc1ccccc1[N+](=O)[O-]. The molecule has 0 aliphatic carbocycles. The fourth-order valence-corrected chi connectivity index (χ4v) is 1.09. The maximum Gasteiger partial charge on any atom is 0.305 e. The largest absolute Gasteiger partial charge is 0.481 e. The minimum atomic E-state index is -0.943. The van der Waals surface area contributed by atoms with Gasteiger partial charge < -0.3 is 10.4 Å². The van der Waals surface area contributed by atoms with Gasteiger partial charge in [0.1, 0.15) is 5.69 Å². The second-order valence-corrected chi connectivity index (χ2v) is 2.84. The summed E-state index contributed by atoms with van der Waals surface area (Å²) in [6, 6.07) is 6.11. The molecule has 0 aliphatic heterocycles. The average Bonchev–Trinajstić information content (AvgIpc) is 2.31. The molecule has 0 fully saturated rings. The molecule has 0 atom stereocenters. The normalized spacial score (nSPS) is 8.82. The van der Waals surface area contributed by atoms with E-state index in [0.717, 1.165) is 0 Å². The van der Waals surface area contributed by atoms with E-state index in [-0.39, 0.29) is 18.7 Å². The van der Waals surface area contributed by atoms with Crippen molar-refractivity contribution in [2.24, 2.45) is 0 Å². The van der Waals surface area contributed by atoms with Gasteiger partial charge in [-0.2, -0.15) is 0 Å². The van der Waals surface area contributed by atoms with Crippen molar-refractivity contribution in [2.75, 3.05) is 11.9 Å². The quantitative estimate of drug-likeness (QED) is 0.609. The Hall–Kier alpha value is -2.11. The van der Waals surface area contributed by atoms with Crippen LogP contribution in [0.15, 0.2) is 24.3 Å². The van der Waals surface area contributed by atoms with Crippen LogP contribution in [-0.4, -0.2) is 22.5 Å². The van der Waals surface area contributed by atoms with Crippen molar-refractivity contribution in [2.45, 2.75) is 20.3 Å². The minimum Gasteiger partial charge on any atom is -0.481 e. The second kappa shape index (κ2) is 8.09. The lowest BCUT2D eigenvalue weighted by atomic mass is 10.2. The number of nitro benzene ring substituents is 1. The van der Waals surface area contributed by atoms with Crippen molar-refractivity contribution in [1.82, 2.24) is 0 Å². The third kappa shape index (κ3) is 5.50. The van der Waals surface area contributed by atoms with Gasteiger partial charge in [-0.15, -0.1) is 0 Å². The Morgan fingerprint density at radius 2 is 2.00 bits per heavy atom. The first-order valence-corrected chi connectivity index (χ1v) is 5.30. The summed E-state index contributed by atoms with van der Waals surface area (Å²) in [5, 5.41) is 21.7. The van der Waals surface area contributed by atoms with E-state index in [1.165, 1.54) is 6.07 Å². The number of hydrogen-bond acceptors (Lipinski definition) is 4. The highest BCUT2D eigenvalue weighted by Gasteiger charge is 2.11. The zero-order valence-electron chi connectivity index (χ0n) is 9.84. The molecule has 1 aromatic rings. The Morgan fingerprint density at radius 1 is 1.41 bits per heavy atom. The number of carboxylic acid groups (broad SMARTS) is 1. The molecule has 6 nitrogen and oxygen atoms in total. The lowest BCUT2D eigenvalue weighted by molar-refractivity contribution is -0.384. The number of hydrogen-bond donors (Lipinski definition) is 2. The monoisotopic (exact) mass is 240 g/mol. The van der Waals surface area contributed by atoms with Crippen LogP contribution in [0.1, 0.15) is 20.3 Å². The van der Waals surface area contributed by atoms with Crippen LogP contribution in [0.5, 0.6) is 0 Å². The number of nitrogens with one attached hydrogen (secondary N) is 1. The molecule has 0 saturated heterocycles. The van der Waals surface area contributed by atoms with Crippen LogP contribution in [0.2, 0.25) is 0 Å². The first-order valence-electron chi connectivity index (χ1n) is 5.30. The molecule has 2 N–H and O–H groups in total. The molecule has 6 heteroatoms. The number of nitro groups is 1. The molecule has 1 rings (SSSR count). The molecule has 0 bridgehead atoms. The van der Waals surface area contributed by atoms with Gasteiger partial charge in [-0.3, -0.25) is 14.9 Å². The standard InChI is InChI=1S/C9H10N2O4.C2H6/c12-9(13)5-6-10-7-3-1-2-4-8(7)11(14)15;1-2/h1-4,10H,5-6H2,(H,12,13);1-2H3. The highest BCUT2D eigenvalue weighted by molar-refractivity contribution is 5.68. The van der Waals surface area contributed by atoms with Crippen LogP contribution in [-0.2, 0) is 4.79 Å². The molecule has 0 amide bonds. The summed E-state index contributed by atoms with van der Waals surface area (Å²) in [5.41, 5.74) is 0.284. The molecule has 94 valence electrons. The number of carboxylic acids is 1. The number of aliphatic carboxylic acids is 1. The summed E-state index contributed by atoms with van der Waals surface area (Å²) >= 11 is 0. The number of para-hydroxylation sites is 2. The topological polar surface area (TPSA) is 92.5 Å². The fraction of sp³-hybridized carbons (Fsp3) is 0.364. The van der Waals surface area contributed by atoms with E-state index in [9.17, 15) is 14.9 Å².